The van der Waals surface area contributed by atoms with Gasteiger partial charge in [-0.2, -0.15) is 4.98 Å². The second-order valence-electron chi connectivity index (χ2n) is 4.16. The van der Waals surface area contributed by atoms with Crippen molar-refractivity contribution >= 4 is 0 Å². The Hall–Kier alpha value is -1.84. The molecule has 1 aromatic heterocycles. The van der Waals surface area contributed by atoms with Gasteiger partial charge in [0, 0.05) is 5.92 Å². The molecule has 0 unspecified atom stereocenters. The van der Waals surface area contributed by atoms with Gasteiger partial charge in [0.25, 0.3) is 0 Å². The number of aromatic hydroxyl groups is 1. The highest BCUT2D eigenvalue weighted by atomic mass is 16.5. The van der Waals surface area contributed by atoms with E-state index in [1.807, 2.05) is 12.1 Å². The zero-order valence-corrected chi connectivity index (χ0v) is 8.76. The Labute approximate surface area is 92.9 Å². The van der Waals surface area contributed by atoms with E-state index in [4.69, 9.17) is 9.63 Å². The largest absolute Gasteiger partial charge is 0.508 e. The molecule has 1 heterocycles. The zero-order valence-electron chi connectivity index (χ0n) is 8.76. The van der Waals surface area contributed by atoms with Crippen LogP contribution in [0.25, 0.3) is 0 Å². The molecule has 1 saturated carbocycles. The van der Waals surface area contributed by atoms with Crippen molar-refractivity contribution in [3.8, 4) is 5.75 Å². The summed E-state index contributed by atoms with van der Waals surface area (Å²) in [6.07, 6.45) is 2.98. The molecule has 1 aliphatic carbocycles. The quantitative estimate of drug-likeness (QED) is 0.854. The molecule has 4 nitrogen and oxygen atoms in total. The fraction of sp³-hybridized carbons (Fsp3) is 0.333. The van der Waals surface area contributed by atoms with Gasteiger partial charge < -0.3 is 9.63 Å². The lowest BCUT2D eigenvalue weighted by Crippen LogP contribution is -1.88. The van der Waals surface area contributed by atoms with E-state index < -0.39 is 0 Å². The number of benzene rings is 1. The van der Waals surface area contributed by atoms with Crippen LogP contribution in [-0.2, 0) is 6.42 Å². The third-order valence-electron chi connectivity index (χ3n) is 2.72. The van der Waals surface area contributed by atoms with Crippen LogP contribution >= 0.6 is 0 Å². The minimum Gasteiger partial charge on any atom is -0.508 e. The molecular formula is C12H12N2O2. The van der Waals surface area contributed by atoms with Crippen molar-refractivity contribution in [1.82, 2.24) is 10.1 Å². The highest BCUT2D eigenvalue weighted by molar-refractivity contribution is 5.27. The minimum atomic E-state index is 0.271. The maximum Gasteiger partial charge on any atom is 0.231 e. The van der Waals surface area contributed by atoms with Crippen LogP contribution in [0.4, 0.5) is 0 Å². The van der Waals surface area contributed by atoms with Crippen molar-refractivity contribution in [2.45, 2.75) is 25.2 Å². The molecule has 1 aromatic carbocycles. The highest BCUT2D eigenvalue weighted by Crippen LogP contribution is 2.38. The number of aromatic nitrogens is 2. The Morgan fingerprint density at radius 3 is 2.69 bits per heavy atom. The van der Waals surface area contributed by atoms with E-state index in [0.717, 1.165) is 11.4 Å². The van der Waals surface area contributed by atoms with Crippen molar-refractivity contribution in [2.75, 3.05) is 0 Å². The van der Waals surface area contributed by atoms with Crippen LogP contribution in [0.15, 0.2) is 28.8 Å². The average Bonchev–Trinajstić information content (AvgIpc) is 3.04. The van der Waals surface area contributed by atoms with Crippen molar-refractivity contribution in [1.29, 1.82) is 0 Å². The van der Waals surface area contributed by atoms with Gasteiger partial charge in [-0.3, -0.25) is 0 Å². The molecule has 1 aliphatic rings. The first-order valence-corrected chi connectivity index (χ1v) is 5.41. The summed E-state index contributed by atoms with van der Waals surface area (Å²) in [4.78, 5) is 4.35. The van der Waals surface area contributed by atoms with Crippen molar-refractivity contribution < 1.29 is 9.63 Å². The second kappa shape index (κ2) is 3.63. The Kier molecular flexibility index (Phi) is 2.13. The minimum absolute atomic E-state index is 0.271. The van der Waals surface area contributed by atoms with Crippen molar-refractivity contribution in [2.24, 2.45) is 0 Å². The normalized spacial score (nSPS) is 15.2. The molecule has 0 aliphatic heterocycles. The topological polar surface area (TPSA) is 59.2 Å². The van der Waals surface area contributed by atoms with E-state index in [0.29, 0.717) is 18.2 Å². The Morgan fingerprint density at radius 2 is 2.00 bits per heavy atom. The van der Waals surface area contributed by atoms with Gasteiger partial charge in [0.15, 0.2) is 5.82 Å². The lowest BCUT2D eigenvalue weighted by atomic mass is 10.1. The lowest BCUT2D eigenvalue weighted by Gasteiger charge is -1.96. The molecule has 0 radical (unpaired) electrons. The van der Waals surface area contributed by atoms with E-state index in [1.54, 1.807) is 12.1 Å². The average molecular weight is 216 g/mol. The second-order valence-corrected chi connectivity index (χ2v) is 4.16. The molecule has 4 heteroatoms. The van der Waals surface area contributed by atoms with Crippen molar-refractivity contribution in [3.05, 3.63) is 41.5 Å². The standard InChI is InChI=1S/C12H12N2O2/c15-10-5-1-8(2-6-10)7-11-13-12(14-16-11)9-3-4-9/h1-2,5-6,9,15H,3-4,7H2. The first kappa shape index (κ1) is 9.39. The van der Waals surface area contributed by atoms with E-state index in [9.17, 15) is 0 Å². The van der Waals surface area contributed by atoms with Crippen molar-refractivity contribution in [3.63, 3.8) is 0 Å². The summed E-state index contributed by atoms with van der Waals surface area (Å²) >= 11 is 0. The molecule has 82 valence electrons. The summed E-state index contributed by atoms with van der Waals surface area (Å²) in [7, 11) is 0. The maximum atomic E-state index is 9.16. The molecule has 0 spiro atoms. The molecule has 0 amide bonds. The Bertz CT molecular complexity index is 486. The molecule has 16 heavy (non-hydrogen) atoms. The van der Waals surface area contributed by atoms with Gasteiger partial charge in [-0.25, -0.2) is 0 Å². The fourth-order valence-corrected chi connectivity index (χ4v) is 1.64. The highest BCUT2D eigenvalue weighted by Gasteiger charge is 2.28. The SMILES string of the molecule is Oc1ccc(Cc2nc(C3CC3)no2)cc1. The van der Waals surface area contributed by atoms with Crippen LogP contribution in [-0.4, -0.2) is 15.2 Å². The predicted octanol–water partition coefficient (Wildman–Crippen LogP) is 2.24. The van der Waals surface area contributed by atoms with Gasteiger partial charge >= 0.3 is 0 Å². The molecule has 3 rings (SSSR count). The van der Waals surface area contributed by atoms with Crippen LogP contribution < -0.4 is 0 Å². The molecule has 0 atom stereocenters. The number of rotatable bonds is 3. The molecule has 0 bridgehead atoms. The Balaban J connectivity index is 1.75. The fourth-order valence-electron chi connectivity index (χ4n) is 1.64. The number of nitrogens with zero attached hydrogens (tertiary/aromatic N) is 2. The molecule has 1 N–H and O–H groups in total. The Morgan fingerprint density at radius 1 is 1.25 bits per heavy atom. The first-order chi connectivity index (χ1) is 7.81. The summed E-state index contributed by atoms with van der Waals surface area (Å²) in [6, 6.07) is 7.04. The molecular weight excluding hydrogens is 204 g/mol. The number of hydrogen-bond donors (Lipinski definition) is 1. The smallest absolute Gasteiger partial charge is 0.231 e. The summed E-state index contributed by atoms with van der Waals surface area (Å²) in [5, 5.41) is 13.1. The van der Waals surface area contributed by atoms with Gasteiger partial charge in [-0.05, 0) is 30.5 Å². The number of phenols is 1. The van der Waals surface area contributed by atoms with E-state index >= 15 is 0 Å². The molecule has 2 aromatic rings. The van der Waals surface area contributed by atoms with Gasteiger partial charge in [-0.1, -0.05) is 17.3 Å². The number of phenolic OH excluding ortho intramolecular Hbond substituents is 1. The lowest BCUT2D eigenvalue weighted by molar-refractivity contribution is 0.379. The van der Waals surface area contributed by atoms with E-state index in [-0.39, 0.29) is 5.75 Å². The van der Waals surface area contributed by atoms with Gasteiger partial charge in [0.05, 0.1) is 6.42 Å². The van der Waals surface area contributed by atoms with E-state index in [1.165, 1.54) is 12.8 Å². The van der Waals surface area contributed by atoms with Crippen LogP contribution in [0.5, 0.6) is 5.75 Å². The predicted molar refractivity (Wildman–Crippen MR) is 57.2 cm³/mol. The van der Waals surface area contributed by atoms with E-state index in [2.05, 4.69) is 10.1 Å². The first-order valence-electron chi connectivity index (χ1n) is 5.41. The zero-order chi connectivity index (χ0) is 11.0. The third kappa shape index (κ3) is 1.91. The number of hydrogen-bond acceptors (Lipinski definition) is 4. The molecule has 0 saturated heterocycles. The van der Waals surface area contributed by atoms with Crippen LogP contribution in [0.3, 0.4) is 0 Å². The third-order valence-corrected chi connectivity index (χ3v) is 2.72. The van der Waals surface area contributed by atoms with Gasteiger partial charge in [-0.15, -0.1) is 0 Å². The summed E-state index contributed by atoms with van der Waals surface area (Å²) in [5.74, 6) is 2.28. The van der Waals surface area contributed by atoms with Crippen LogP contribution in [0, 0.1) is 0 Å². The molecule has 1 fully saturated rings. The monoisotopic (exact) mass is 216 g/mol. The maximum absolute atomic E-state index is 9.16. The van der Waals surface area contributed by atoms with Gasteiger partial charge in [0.1, 0.15) is 5.75 Å². The van der Waals surface area contributed by atoms with Crippen LogP contribution in [0.2, 0.25) is 0 Å². The summed E-state index contributed by atoms with van der Waals surface area (Å²) < 4.78 is 5.18. The summed E-state index contributed by atoms with van der Waals surface area (Å²) in [6.45, 7) is 0. The summed E-state index contributed by atoms with van der Waals surface area (Å²) in [5.41, 5.74) is 1.06. The van der Waals surface area contributed by atoms with Gasteiger partial charge in [0.2, 0.25) is 5.89 Å². The van der Waals surface area contributed by atoms with Crippen LogP contribution in [0.1, 0.15) is 36.0 Å².